The van der Waals surface area contributed by atoms with Crippen molar-refractivity contribution in [3.63, 3.8) is 0 Å². The minimum Gasteiger partial charge on any atom is -0.494 e. The van der Waals surface area contributed by atoms with Crippen molar-refractivity contribution in [1.82, 2.24) is 5.32 Å². The lowest BCUT2D eigenvalue weighted by Gasteiger charge is -2.33. The van der Waals surface area contributed by atoms with Gasteiger partial charge in [0.15, 0.2) is 0 Å². The van der Waals surface area contributed by atoms with Crippen molar-refractivity contribution in [2.75, 3.05) is 19.7 Å². The van der Waals surface area contributed by atoms with E-state index in [4.69, 9.17) is 4.74 Å². The fraction of sp³-hybridized carbons (Fsp3) is 0.714. The van der Waals surface area contributed by atoms with Gasteiger partial charge >= 0.3 is 0 Å². The second-order valence-corrected chi connectivity index (χ2v) is 8.98. The van der Waals surface area contributed by atoms with E-state index in [0.717, 1.165) is 18.3 Å². The summed E-state index contributed by atoms with van der Waals surface area (Å²) in [5.74, 6) is 1.84. The Labute approximate surface area is 155 Å². The Kier molecular flexibility index (Phi) is 8.08. The molecule has 0 bridgehead atoms. The summed E-state index contributed by atoms with van der Waals surface area (Å²) in [5, 5.41) is 3.42. The SMILES string of the molecule is CC(C)(C)CC(C)(C)c1ccc(OCCC2CCNCC2)cc1.Cl. The maximum atomic E-state index is 5.96. The van der Waals surface area contributed by atoms with Crippen LogP contribution in [0.5, 0.6) is 5.75 Å². The molecule has 3 heteroatoms. The second kappa shape index (κ2) is 9.10. The van der Waals surface area contributed by atoms with Crippen molar-refractivity contribution >= 4 is 12.4 Å². The highest BCUT2D eigenvalue weighted by molar-refractivity contribution is 5.85. The van der Waals surface area contributed by atoms with Gasteiger partial charge in [-0.3, -0.25) is 0 Å². The van der Waals surface area contributed by atoms with Crippen LogP contribution in [0.1, 0.15) is 65.9 Å². The lowest BCUT2D eigenvalue weighted by molar-refractivity contribution is 0.251. The van der Waals surface area contributed by atoms with Crippen molar-refractivity contribution in [3.8, 4) is 5.75 Å². The highest BCUT2D eigenvalue weighted by Gasteiger charge is 2.27. The Morgan fingerprint density at radius 1 is 1.00 bits per heavy atom. The van der Waals surface area contributed by atoms with Crippen LogP contribution in [0.3, 0.4) is 0 Å². The normalized spacial score (nSPS) is 16.5. The van der Waals surface area contributed by atoms with E-state index in [0.29, 0.717) is 5.41 Å². The summed E-state index contributed by atoms with van der Waals surface area (Å²) in [6.07, 6.45) is 4.95. The first-order chi connectivity index (χ1) is 10.8. The molecule has 24 heavy (non-hydrogen) atoms. The monoisotopic (exact) mass is 353 g/mol. The molecule has 1 aromatic carbocycles. The molecule has 0 saturated carbocycles. The van der Waals surface area contributed by atoms with Crippen LogP contribution in [0.2, 0.25) is 0 Å². The summed E-state index contributed by atoms with van der Waals surface area (Å²) in [4.78, 5) is 0. The summed E-state index contributed by atoms with van der Waals surface area (Å²) in [5.41, 5.74) is 1.94. The smallest absolute Gasteiger partial charge is 0.119 e. The molecule has 1 fully saturated rings. The standard InChI is InChI=1S/C21H35NO.ClH/c1-20(2,3)16-21(4,5)18-6-8-19(9-7-18)23-15-12-17-10-13-22-14-11-17;/h6-9,17,22H,10-16H2,1-5H3;1H. The van der Waals surface area contributed by atoms with E-state index in [1.807, 2.05) is 0 Å². The quantitative estimate of drug-likeness (QED) is 0.719. The molecule has 0 radical (unpaired) electrons. The van der Waals surface area contributed by atoms with Crippen molar-refractivity contribution in [2.45, 2.75) is 65.7 Å². The fourth-order valence-electron chi connectivity index (χ4n) is 3.94. The molecule has 1 aliphatic heterocycles. The molecule has 1 aliphatic rings. The van der Waals surface area contributed by atoms with Gasteiger partial charge < -0.3 is 10.1 Å². The van der Waals surface area contributed by atoms with Crippen LogP contribution in [-0.4, -0.2) is 19.7 Å². The molecule has 0 aliphatic carbocycles. The first-order valence-corrected chi connectivity index (χ1v) is 9.20. The van der Waals surface area contributed by atoms with Crippen LogP contribution in [0.25, 0.3) is 0 Å². The van der Waals surface area contributed by atoms with Crippen molar-refractivity contribution in [1.29, 1.82) is 0 Å². The van der Waals surface area contributed by atoms with Crippen LogP contribution in [-0.2, 0) is 5.41 Å². The Morgan fingerprint density at radius 3 is 2.12 bits per heavy atom. The van der Waals surface area contributed by atoms with E-state index >= 15 is 0 Å². The number of halogens is 1. The van der Waals surface area contributed by atoms with E-state index < -0.39 is 0 Å². The zero-order valence-electron chi connectivity index (χ0n) is 16.2. The lowest BCUT2D eigenvalue weighted by atomic mass is 9.72. The van der Waals surface area contributed by atoms with Gasteiger partial charge in [0.2, 0.25) is 0 Å². The van der Waals surface area contributed by atoms with Crippen molar-refractivity contribution in [2.24, 2.45) is 11.3 Å². The molecular formula is C21H36ClNO. The molecule has 0 atom stereocenters. The molecule has 2 nitrogen and oxygen atoms in total. The minimum atomic E-state index is 0. The molecule has 0 unspecified atom stereocenters. The zero-order chi connectivity index (χ0) is 16.9. The van der Waals surface area contributed by atoms with Gasteiger partial charge in [0.1, 0.15) is 5.75 Å². The molecule has 0 aromatic heterocycles. The predicted octanol–water partition coefficient (Wildman–Crippen LogP) is 5.59. The van der Waals surface area contributed by atoms with Gasteiger partial charge in [0.25, 0.3) is 0 Å². The van der Waals surface area contributed by atoms with Gasteiger partial charge in [0.05, 0.1) is 6.61 Å². The third-order valence-corrected chi connectivity index (χ3v) is 4.86. The molecule has 0 amide bonds. The number of hydrogen-bond donors (Lipinski definition) is 1. The van der Waals surface area contributed by atoms with Crippen LogP contribution < -0.4 is 10.1 Å². The zero-order valence-corrected chi connectivity index (χ0v) is 17.0. The maximum Gasteiger partial charge on any atom is 0.119 e. The Hall–Kier alpha value is -0.730. The van der Waals surface area contributed by atoms with Crippen LogP contribution >= 0.6 is 12.4 Å². The first kappa shape index (κ1) is 21.3. The maximum absolute atomic E-state index is 5.96. The average Bonchev–Trinajstić information content (AvgIpc) is 2.46. The van der Waals surface area contributed by atoms with Crippen LogP contribution in [0.4, 0.5) is 0 Å². The van der Waals surface area contributed by atoms with Gasteiger partial charge in [-0.15, -0.1) is 12.4 Å². The average molecular weight is 354 g/mol. The molecule has 1 aromatic rings. The van der Waals surface area contributed by atoms with E-state index in [9.17, 15) is 0 Å². The third kappa shape index (κ3) is 7.03. The summed E-state index contributed by atoms with van der Waals surface area (Å²) in [7, 11) is 0. The van der Waals surface area contributed by atoms with Crippen LogP contribution in [0, 0.1) is 11.3 Å². The van der Waals surface area contributed by atoms with Crippen molar-refractivity contribution < 1.29 is 4.74 Å². The third-order valence-electron chi connectivity index (χ3n) is 4.86. The molecule has 138 valence electrons. The lowest BCUT2D eigenvalue weighted by Crippen LogP contribution is -2.28. The number of piperidine rings is 1. The number of benzene rings is 1. The number of nitrogens with one attached hydrogen (secondary N) is 1. The van der Waals surface area contributed by atoms with Crippen LogP contribution in [0.15, 0.2) is 24.3 Å². The molecule has 1 saturated heterocycles. The van der Waals surface area contributed by atoms with Gasteiger partial charge in [-0.25, -0.2) is 0 Å². The van der Waals surface area contributed by atoms with Crippen molar-refractivity contribution in [3.05, 3.63) is 29.8 Å². The Bertz CT molecular complexity index is 470. The van der Waals surface area contributed by atoms with E-state index in [1.54, 1.807) is 0 Å². The number of ether oxygens (including phenoxy) is 1. The molecule has 1 N–H and O–H groups in total. The topological polar surface area (TPSA) is 21.3 Å². The summed E-state index contributed by atoms with van der Waals surface area (Å²) < 4.78 is 5.96. The largest absolute Gasteiger partial charge is 0.494 e. The van der Waals surface area contributed by atoms with Gasteiger partial charge in [-0.05, 0) is 73.2 Å². The van der Waals surface area contributed by atoms with E-state index in [1.165, 1.54) is 44.3 Å². The fourth-order valence-corrected chi connectivity index (χ4v) is 3.94. The highest BCUT2D eigenvalue weighted by Crippen LogP contribution is 2.36. The van der Waals surface area contributed by atoms with E-state index in [2.05, 4.69) is 64.2 Å². The van der Waals surface area contributed by atoms with E-state index in [-0.39, 0.29) is 17.8 Å². The first-order valence-electron chi connectivity index (χ1n) is 9.20. The Morgan fingerprint density at radius 2 is 1.58 bits per heavy atom. The molecule has 0 spiro atoms. The highest BCUT2D eigenvalue weighted by atomic mass is 35.5. The number of hydrogen-bond acceptors (Lipinski definition) is 2. The summed E-state index contributed by atoms with van der Waals surface area (Å²) in [6.45, 7) is 14.8. The summed E-state index contributed by atoms with van der Waals surface area (Å²) >= 11 is 0. The van der Waals surface area contributed by atoms with Gasteiger partial charge in [0, 0.05) is 0 Å². The Balaban J connectivity index is 0.00000288. The molecular weight excluding hydrogens is 318 g/mol. The second-order valence-electron chi connectivity index (χ2n) is 8.98. The van der Waals surface area contributed by atoms with Gasteiger partial charge in [-0.2, -0.15) is 0 Å². The molecule has 2 rings (SSSR count). The number of rotatable bonds is 6. The van der Waals surface area contributed by atoms with Gasteiger partial charge in [-0.1, -0.05) is 46.8 Å². The minimum absolute atomic E-state index is 0. The molecule has 1 heterocycles. The predicted molar refractivity (Wildman–Crippen MR) is 106 cm³/mol. The summed E-state index contributed by atoms with van der Waals surface area (Å²) in [6, 6.07) is 8.77.